The molecule has 0 saturated heterocycles. The van der Waals surface area contributed by atoms with E-state index in [-0.39, 0.29) is 0 Å². The Morgan fingerprint density at radius 2 is 2.05 bits per heavy atom. The van der Waals surface area contributed by atoms with Gasteiger partial charge in [0, 0.05) is 27.3 Å². The van der Waals surface area contributed by atoms with E-state index < -0.39 is 0 Å². The second-order valence-electron chi connectivity index (χ2n) is 4.57. The van der Waals surface area contributed by atoms with E-state index in [2.05, 4.69) is 51.7 Å². The first-order valence-corrected chi connectivity index (χ1v) is 7.94. The van der Waals surface area contributed by atoms with Gasteiger partial charge in [-0.15, -0.1) is 11.3 Å². The Hall–Kier alpha value is -0.840. The minimum absolute atomic E-state index is 0.453. The van der Waals surface area contributed by atoms with E-state index in [1.807, 2.05) is 12.1 Å². The number of hydrogen-bond donors (Lipinski definition) is 1. The molecule has 0 saturated carbocycles. The maximum Gasteiger partial charge on any atom is 0.118 e. The van der Waals surface area contributed by atoms with Gasteiger partial charge in [-0.1, -0.05) is 12.1 Å². The Morgan fingerprint density at radius 1 is 1.32 bits per heavy atom. The first-order valence-electron chi connectivity index (χ1n) is 6.26. The lowest BCUT2D eigenvalue weighted by molar-refractivity contribution is 0.414. The zero-order valence-corrected chi connectivity index (χ0v) is 13.6. The SMILES string of the molecule is COc1ccc(CC(C)NCc2cc(Br)cs2)cc1. The summed E-state index contributed by atoms with van der Waals surface area (Å²) in [7, 11) is 1.69. The van der Waals surface area contributed by atoms with E-state index in [9.17, 15) is 0 Å². The van der Waals surface area contributed by atoms with Crippen molar-refractivity contribution in [1.82, 2.24) is 5.32 Å². The fourth-order valence-electron chi connectivity index (χ4n) is 1.91. The molecule has 19 heavy (non-hydrogen) atoms. The van der Waals surface area contributed by atoms with Crippen LogP contribution in [-0.2, 0) is 13.0 Å². The molecule has 0 spiro atoms. The number of nitrogens with one attached hydrogen (secondary N) is 1. The highest BCUT2D eigenvalue weighted by Gasteiger charge is 2.05. The summed E-state index contributed by atoms with van der Waals surface area (Å²) in [6.07, 6.45) is 1.02. The molecular formula is C15H18BrNOS. The van der Waals surface area contributed by atoms with Gasteiger partial charge in [0.2, 0.25) is 0 Å². The van der Waals surface area contributed by atoms with Gasteiger partial charge in [-0.3, -0.25) is 0 Å². The van der Waals surface area contributed by atoms with Crippen molar-refractivity contribution < 1.29 is 4.74 Å². The van der Waals surface area contributed by atoms with Crippen molar-refractivity contribution in [2.24, 2.45) is 0 Å². The van der Waals surface area contributed by atoms with Crippen molar-refractivity contribution in [3.63, 3.8) is 0 Å². The predicted octanol–water partition coefficient (Wildman–Crippen LogP) is 4.24. The van der Waals surface area contributed by atoms with Gasteiger partial charge in [0.05, 0.1) is 7.11 Å². The van der Waals surface area contributed by atoms with E-state index in [0.29, 0.717) is 6.04 Å². The number of ether oxygens (including phenoxy) is 1. The van der Waals surface area contributed by atoms with E-state index >= 15 is 0 Å². The molecule has 0 fully saturated rings. The molecule has 102 valence electrons. The van der Waals surface area contributed by atoms with E-state index in [0.717, 1.165) is 23.2 Å². The molecule has 0 aliphatic heterocycles. The summed E-state index contributed by atoms with van der Waals surface area (Å²) < 4.78 is 6.33. The minimum atomic E-state index is 0.453. The Labute approximate surface area is 126 Å². The number of rotatable bonds is 6. The summed E-state index contributed by atoms with van der Waals surface area (Å²) in [6, 6.07) is 10.9. The van der Waals surface area contributed by atoms with Crippen molar-refractivity contribution in [2.45, 2.75) is 25.9 Å². The van der Waals surface area contributed by atoms with Crippen LogP contribution in [0.15, 0.2) is 40.2 Å². The zero-order valence-electron chi connectivity index (χ0n) is 11.2. The van der Waals surface area contributed by atoms with Crippen molar-refractivity contribution in [1.29, 1.82) is 0 Å². The summed E-state index contributed by atoms with van der Waals surface area (Å²) >= 11 is 5.25. The lowest BCUT2D eigenvalue weighted by atomic mass is 10.1. The van der Waals surface area contributed by atoms with Crippen molar-refractivity contribution in [3.05, 3.63) is 50.6 Å². The molecule has 2 nitrogen and oxygen atoms in total. The molecule has 0 amide bonds. The zero-order chi connectivity index (χ0) is 13.7. The van der Waals surface area contributed by atoms with Gasteiger partial charge in [-0.05, 0) is 53.0 Å². The van der Waals surface area contributed by atoms with Crippen LogP contribution in [0.3, 0.4) is 0 Å². The topological polar surface area (TPSA) is 21.3 Å². The van der Waals surface area contributed by atoms with Gasteiger partial charge < -0.3 is 10.1 Å². The monoisotopic (exact) mass is 339 g/mol. The Bertz CT molecular complexity index is 509. The molecular weight excluding hydrogens is 322 g/mol. The lowest BCUT2D eigenvalue weighted by Gasteiger charge is -2.13. The predicted molar refractivity (Wildman–Crippen MR) is 85.0 cm³/mol. The van der Waals surface area contributed by atoms with Gasteiger partial charge in [-0.2, -0.15) is 0 Å². The molecule has 0 radical (unpaired) electrons. The highest BCUT2D eigenvalue weighted by atomic mass is 79.9. The van der Waals surface area contributed by atoms with Crippen LogP contribution in [0.4, 0.5) is 0 Å². The first kappa shape index (κ1) is 14.6. The summed E-state index contributed by atoms with van der Waals surface area (Å²) in [5, 5.41) is 5.66. The van der Waals surface area contributed by atoms with Gasteiger partial charge in [0.25, 0.3) is 0 Å². The third kappa shape index (κ3) is 4.64. The van der Waals surface area contributed by atoms with Crippen LogP contribution in [0.2, 0.25) is 0 Å². The number of methoxy groups -OCH3 is 1. The van der Waals surface area contributed by atoms with Crippen LogP contribution in [0.25, 0.3) is 0 Å². The van der Waals surface area contributed by atoms with Crippen LogP contribution in [-0.4, -0.2) is 13.2 Å². The summed E-state index contributed by atoms with van der Waals surface area (Å²) in [4.78, 5) is 1.36. The second kappa shape index (κ2) is 7.08. The molecule has 0 aliphatic carbocycles. The molecule has 2 aromatic rings. The third-order valence-corrected chi connectivity index (χ3v) is 4.65. The van der Waals surface area contributed by atoms with Crippen LogP contribution >= 0.6 is 27.3 Å². The number of thiophene rings is 1. The van der Waals surface area contributed by atoms with E-state index in [1.54, 1.807) is 18.4 Å². The fraction of sp³-hybridized carbons (Fsp3) is 0.333. The molecule has 1 atom stereocenters. The van der Waals surface area contributed by atoms with E-state index in [4.69, 9.17) is 4.74 Å². The summed E-state index contributed by atoms with van der Waals surface area (Å²) in [5.74, 6) is 0.910. The Balaban J connectivity index is 1.81. The highest BCUT2D eigenvalue weighted by molar-refractivity contribution is 9.10. The normalized spacial score (nSPS) is 12.4. The molecule has 1 heterocycles. The maximum absolute atomic E-state index is 5.16. The molecule has 1 unspecified atom stereocenters. The van der Waals surface area contributed by atoms with E-state index in [1.165, 1.54) is 10.4 Å². The quantitative estimate of drug-likeness (QED) is 0.849. The number of hydrogen-bond acceptors (Lipinski definition) is 3. The van der Waals surface area contributed by atoms with Crippen molar-refractivity contribution in [3.8, 4) is 5.75 Å². The molecule has 0 aliphatic rings. The van der Waals surface area contributed by atoms with Crippen molar-refractivity contribution in [2.75, 3.05) is 7.11 Å². The standard InChI is InChI=1S/C15H18BrNOS/c1-11(17-9-15-8-13(16)10-19-15)7-12-3-5-14(18-2)6-4-12/h3-6,8,10-11,17H,7,9H2,1-2H3. The smallest absolute Gasteiger partial charge is 0.118 e. The maximum atomic E-state index is 5.16. The molecule has 2 rings (SSSR count). The number of halogens is 1. The Kier molecular flexibility index (Phi) is 5.43. The van der Waals surface area contributed by atoms with Gasteiger partial charge in [0.15, 0.2) is 0 Å². The number of benzene rings is 1. The highest BCUT2D eigenvalue weighted by Crippen LogP contribution is 2.19. The van der Waals surface area contributed by atoms with Crippen LogP contribution in [0.5, 0.6) is 5.75 Å². The second-order valence-corrected chi connectivity index (χ2v) is 6.48. The molecule has 0 bridgehead atoms. The van der Waals surface area contributed by atoms with Crippen LogP contribution in [0, 0.1) is 0 Å². The van der Waals surface area contributed by atoms with Crippen molar-refractivity contribution >= 4 is 27.3 Å². The average Bonchev–Trinajstić information content (AvgIpc) is 2.83. The van der Waals surface area contributed by atoms with Gasteiger partial charge in [0.1, 0.15) is 5.75 Å². The van der Waals surface area contributed by atoms with Gasteiger partial charge in [-0.25, -0.2) is 0 Å². The minimum Gasteiger partial charge on any atom is -0.497 e. The molecule has 1 aromatic heterocycles. The van der Waals surface area contributed by atoms with Crippen LogP contribution in [0.1, 0.15) is 17.4 Å². The van der Waals surface area contributed by atoms with Crippen LogP contribution < -0.4 is 10.1 Å². The summed E-state index contributed by atoms with van der Waals surface area (Å²) in [5.41, 5.74) is 1.33. The molecule has 1 aromatic carbocycles. The summed E-state index contributed by atoms with van der Waals surface area (Å²) in [6.45, 7) is 3.14. The Morgan fingerprint density at radius 3 is 2.63 bits per heavy atom. The fourth-order valence-corrected chi connectivity index (χ4v) is 3.31. The molecule has 4 heteroatoms. The lowest BCUT2D eigenvalue weighted by Crippen LogP contribution is -2.27. The average molecular weight is 340 g/mol. The first-order chi connectivity index (χ1) is 9.17. The molecule has 1 N–H and O–H groups in total. The van der Waals surface area contributed by atoms with Gasteiger partial charge >= 0.3 is 0 Å². The largest absolute Gasteiger partial charge is 0.497 e. The third-order valence-electron chi connectivity index (χ3n) is 2.95.